The van der Waals surface area contributed by atoms with Gasteiger partial charge in [0.25, 0.3) is 0 Å². The number of aliphatic hydroxyl groups is 1. The molecule has 0 aromatic carbocycles. The van der Waals surface area contributed by atoms with E-state index in [-0.39, 0.29) is 17.2 Å². The highest BCUT2D eigenvalue weighted by molar-refractivity contribution is 9.11. The van der Waals surface area contributed by atoms with E-state index in [9.17, 15) is 9.90 Å². The summed E-state index contributed by atoms with van der Waals surface area (Å²) in [5.41, 5.74) is -0.220. The number of nitrogens with one attached hydrogen (secondary N) is 1. The summed E-state index contributed by atoms with van der Waals surface area (Å²) in [5, 5.41) is 12.7. The normalized spacial score (nSPS) is 15.2. The van der Waals surface area contributed by atoms with Crippen LogP contribution in [0.4, 0.5) is 0 Å². The Hall–Kier alpha value is -0.390. The molecule has 0 saturated carbocycles. The van der Waals surface area contributed by atoms with Crippen molar-refractivity contribution in [3.05, 3.63) is 20.8 Å². The SMILES string of the molecule is CC(C(=O)NCC(O)C(C)(C)C)c1ccc(Br)s1. The Labute approximate surface area is 121 Å². The fourth-order valence-electron chi connectivity index (χ4n) is 1.35. The van der Waals surface area contributed by atoms with E-state index in [4.69, 9.17) is 0 Å². The van der Waals surface area contributed by atoms with Crippen molar-refractivity contribution in [3.63, 3.8) is 0 Å². The van der Waals surface area contributed by atoms with Gasteiger partial charge in [0.15, 0.2) is 0 Å². The second-order valence-corrected chi connectivity index (χ2v) is 7.99. The van der Waals surface area contributed by atoms with Crippen LogP contribution in [-0.2, 0) is 4.79 Å². The van der Waals surface area contributed by atoms with Crippen molar-refractivity contribution in [3.8, 4) is 0 Å². The van der Waals surface area contributed by atoms with Gasteiger partial charge in [0.2, 0.25) is 5.91 Å². The van der Waals surface area contributed by atoms with Crippen LogP contribution in [0.15, 0.2) is 15.9 Å². The third-order valence-electron chi connectivity index (χ3n) is 2.88. The predicted octanol–water partition coefficient (Wildman–Crippen LogP) is 3.14. The molecule has 2 unspecified atom stereocenters. The molecule has 1 aromatic heterocycles. The van der Waals surface area contributed by atoms with Gasteiger partial charge in [-0.15, -0.1) is 11.3 Å². The van der Waals surface area contributed by atoms with Gasteiger partial charge in [0.1, 0.15) is 0 Å². The highest BCUT2D eigenvalue weighted by atomic mass is 79.9. The maximum absolute atomic E-state index is 12.0. The van der Waals surface area contributed by atoms with Gasteiger partial charge in [0, 0.05) is 11.4 Å². The average Bonchev–Trinajstić information content (AvgIpc) is 2.69. The quantitative estimate of drug-likeness (QED) is 0.889. The molecule has 1 rings (SSSR count). The van der Waals surface area contributed by atoms with E-state index in [2.05, 4.69) is 21.2 Å². The van der Waals surface area contributed by atoms with Crippen molar-refractivity contribution < 1.29 is 9.90 Å². The van der Waals surface area contributed by atoms with Crippen molar-refractivity contribution in [2.24, 2.45) is 5.41 Å². The Kier molecular flexibility index (Phi) is 5.37. The fourth-order valence-corrected chi connectivity index (χ4v) is 2.82. The zero-order valence-electron chi connectivity index (χ0n) is 11.2. The Morgan fingerprint density at radius 3 is 2.56 bits per heavy atom. The second kappa shape index (κ2) is 6.17. The molecule has 0 aliphatic carbocycles. The molecule has 2 atom stereocenters. The van der Waals surface area contributed by atoms with E-state index in [1.165, 1.54) is 0 Å². The fraction of sp³-hybridized carbons (Fsp3) is 0.615. The maximum atomic E-state index is 12.0. The minimum absolute atomic E-state index is 0.0485. The molecule has 0 bridgehead atoms. The van der Waals surface area contributed by atoms with E-state index in [0.717, 1.165) is 8.66 Å². The van der Waals surface area contributed by atoms with Gasteiger partial charge in [-0.1, -0.05) is 20.8 Å². The van der Waals surface area contributed by atoms with Crippen LogP contribution in [0.25, 0.3) is 0 Å². The van der Waals surface area contributed by atoms with Crippen LogP contribution >= 0.6 is 27.3 Å². The first-order valence-corrected chi connectivity index (χ1v) is 7.53. The van der Waals surface area contributed by atoms with E-state index in [1.54, 1.807) is 11.3 Å². The van der Waals surface area contributed by atoms with E-state index >= 15 is 0 Å². The molecule has 1 aromatic rings. The highest BCUT2D eigenvalue weighted by Gasteiger charge is 2.24. The van der Waals surface area contributed by atoms with Gasteiger partial charge in [-0.25, -0.2) is 0 Å². The van der Waals surface area contributed by atoms with E-state index < -0.39 is 6.10 Å². The molecule has 18 heavy (non-hydrogen) atoms. The lowest BCUT2D eigenvalue weighted by Gasteiger charge is -2.26. The summed E-state index contributed by atoms with van der Waals surface area (Å²) in [4.78, 5) is 13.0. The van der Waals surface area contributed by atoms with Crippen LogP contribution < -0.4 is 5.32 Å². The molecule has 102 valence electrons. The molecule has 0 saturated heterocycles. The minimum atomic E-state index is -0.538. The van der Waals surface area contributed by atoms with Crippen molar-refractivity contribution in [1.82, 2.24) is 5.32 Å². The maximum Gasteiger partial charge on any atom is 0.228 e. The first-order valence-electron chi connectivity index (χ1n) is 5.93. The van der Waals surface area contributed by atoms with Gasteiger partial charge in [-0.3, -0.25) is 4.79 Å². The summed E-state index contributed by atoms with van der Waals surface area (Å²) in [6.07, 6.45) is -0.538. The third kappa shape index (κ3) is 4.37. The number of hydrogen-bond donors (Lipinski definition) is 2. The van der Waals surface area contributed by atoms with Crippen LogP contribution in [0.2, 0.25) is 0 Å². The zero-order chi connectivity index (χ0) is 13.9. The number of carbonyl (C=O) groups is 1. The number of rotatable bonds is 4. The zero-order valence-corrected chi connectivity index (χ0v) is 13.6. The first kappa shape index (κ1) is 15.7. The summed E-state index contributed by atoms with van der Waals surface area (Å²) >= 11 is 4.94. The average molecular weight is 334 g/mol. The van der Waals surface area contributed by atoms with Gasteiger partial charge < -0.3 is 10.4 Å². The second-order valence-electron chi connectivity index (χ2n) is 5.49. The molecule has 0 spiro atoms. The molecule has 0 radical (unpaired) electrons. The molecule has 0 fully saturated rings. The van der Waals surface area contributed by atoms with Gasteiger partial charge >= 0.3 is 0 Å². The molecule has 1 heterocycles. The van der Waals surface area contributed by atoms with Crippen molar-refractivity contribution in [2.45, 2.75) is 39.7 Å². The lowest BCUT2D eigenvalue weighted by Crippen LogP contribution is -2.40. The van der Waals surface area contributed by atoms with Gasteiger partial charge in [0.05, 0.1) is 15.8 Å². The summed E-state index contributed by atoms with van der Waals surface area (Å²) in [6, 6.07) is 3.88. The minimum Gasteiger partial charge on any atom is -0.391 e. The van der Waals surface area contributed by atoms with Gasteiger partial charge in [-0.05, 0) is 40.4 Å². The number of amides is 1. The van der Waals surface area contributed by atoms with Gasteiger partial charge in [-0.2, -0.15) is 0 Å². The number of aliphatic hydroxyl groups excluding tert-OH is 1. The molecular formula is C13H20BrNO2S. The van der Waals surface area contributed by atoms with Crippen LogP contribution in [0.5, 0.6) is 0 Å². The largest absolute Gasteiger partial charge is 0.391 e. The molecule has 2 N–H and O–H groups in total. The Morgan fingerprint density at radius 2 is 2.11 bits per heavy atom. The number of halogens is 1. The number of carbonyl (C=O) groups excluding carboxylic acids is 1. The Morgan fingerprint density at radius 1 is 1.50 bits per heavy atom. The third-order valence-corrected chi connectivity index (χ3v) is 4.69. The summed E-state index contributed by atoms with van der Waals surface area (Å²) < 4.78 is 1.02. The highest BCUT2D eigenvalue weighted by Crippen LogP contribution is 2.28. The van der Waals surface area contributed by atoms with Crippen LogP contribution in [-0.4, -0.2) is 23.7 Å². The topological polar surface area (TPSA) is 49.3 Å². The number of hydrogen-bond acceptors (Lipinski definition) is 3. The standard InChI is InChI=1S/C13H20BrNO2S/c1-8(9-5-6-11(14)18-9)12(17)15-7-10(16)13(2,3)4/h5-6,8,10,16H,7H2,1-4H3,(H,15,17). The van der Waals surface area contributed by atoms with Crippen molar-refractivity contribution >= 4 is 33.2 Å². The molecular weight excluding hydrogens is 314 g/mol. The molecule has 1 amide bonds. The molecule has 5 heteroatoms. The predicted molar refractivity (Wildman–Crippen MR) is 78.9 cm³/mol. The smallest absolute Gasteiger partial charge is 0.228 e. The van der Waals surface area contributed by atoms with Crippen LogP contribution in [0, 0.1) is 5.41 Å². The van der Waals surface area contributed by atoms with Crippen molar-refractivity contribution in [1.29, 1.82) is 0 Å². The molecule has 0 aliphatic heterocycles. The summed E-state index contributed by atoms with van der Waals surface area (Å²) in [6.45, 7) is 8.01. The van der Waals surface area contributed by atoms with Crippen molar-refractivity contribution in [2.75, 3.05) is 6.54 Å². The lowest BCUT2D eigenvalue weighted by molar-refractivity contribution is -0.122. The summed E-state index contributed by atoms with van der Waals surface area (Å²) in [5.74, 6) is -0.235. The molecule has 0 aliphatic rings. The lowest BCUT2D eigenvalue weighted by atomic mass is 9.89. The molecule has 3 nitrogen and oxygen atoms in total. The van der Waals surface area contributed by atoms with Crippen LogP contribution in [0.3, 0.4) is 0 Å². The van der Waals surface area contributed by atoms with E-state index in [0.29, 0.717) is 6.54 Å². The van der Waals surface area contributed by atoms with Crippen LogP contribution in [0.1, 0.15) is 38.5 Å². The summed E-state index contributed by atoms with van der Waals surface area (Å²) in [7, 11) is 0. The monoisotopic (exact) mass is 333 g/mol. The Bertz CT molecular complexity index is 411. The van der Waals surface area contributed by atoms with E-state index in [1.807, 2.05) is 39.8 Å². The Balaban J connectivity index is 2.51. The number of thiophene rings is 1. The first-order chi connectivity index (χ1) is 8.21.